The van der Waals surface area contributed by atoms with Gasteiger partial charge in [0.2, 0.25) is 11.8 Å². The molecule has 3 heterocycles. The molecule has 31 heavy (non-hydrogen) atoms. The van der Waals surface area contributed by atoms with Crippen molar-refractivity contribution in [3.63, 3.8) is 0 Å². The number of carbonyl (C=O) groups excluding carboxylic acids is 2. The first-order valence-corrected chi connectivity index (χ1v) is 11.0. The highest BCUT2D eigenvalue weighted by molar-refractivity contribution is 5.87. The number of rotatable bonds is 5. The minimum atomic E-state index is -0.722. The number of nitriles is 2. The van der Waals surface area contributed by atoms with Crippen molar-refractivity contribution >= 4 is 11.8 Å². The first-order valence-electron chi connectivity index (χ1n) is 11.0. The Balaban J connectivity index is 1.24. The highest BCUT2D eigenvalue weighted by atomic mass is 16.2. The van der Waals surface area contributed by atoms with Crippen molar-refractivity contribution in [1.82, 2.24) is 14.7 Å². The summed E-state index contributed by atoms with van der Waals surface area (Å²) in [6.45, 7) is 3.02. The van der Waals surface area contributed by atoms with E-state index in [1.807, 2.05) is 34.9 Å². The third-order valence-electron chi connectivity index (χ3n) is 7.49. The quantitative estimate of drug-likeness (QED) is 0.754. The third kappa shape index (κ3) is 3.18. The Labute approximate surface area is 181 Å². The second-order valence-electron chi connectivity index (χ2n) is 9.31. The Morgan fingerprint density at radius 1 is 1.29 bits per heavy atom. The molecule has 5 rings (SSSR count). The molecule has 0 radical (unpaired) electrons. The lowest BCUT2D eigenvalue weighted by atomic mass is 10.0. The van der Waals surface area contributed by atoms with Gasteiger partial charge in [-0.3, -0.25) is 14.5 Å². The molecule has 1 unspecified atom stereocenters. The molecule has 4 aliphatic rings. The molecule has 3 aliphatic heterocycles. The van der Waals surface area contributed by atoms with Gasteiger partial charge in [0.15, 0.2) is 0 Å². The van der Waals surface area contributed by atoms with Crippen molar-refractivity contribution in [1.29, 1.82) is 10.5 Å². The minimum absolute atomic E-state index is 0.0593. The number of hydrogen-bond acceptors (Lipinski definition) is 6. The van der Waals surface area contributed by atoms with E-state index in [0.717, 1.165) is 24.8 Å². The fourth-order valence-corrected chi connectivity index (χ4v) is 5.84. The zero-order chi connectivity index (χ0) is 21.9. The number of fused-ring (bicyclic) bond motifs is 3. The van der Waals surface area contributed by atoms with Crippen LogP contribution in [0.5, 0.6) is 0 Å². The van der Waals surface area contributed by atoms with Gasteiger partial charge in [-0.15, -0.1) is 0 Å². The van der Waals surface area contributed by atoms with Gasteiger partial charge in [0.25, 0.3) is 0 Å². The number of piperazine rings is 1. The van der Waals surface area contributed by atoms with E-state index in [4.69, 9.17) is 11.0 Å². The number of piperidine rings is 1. The Hall–Kier alpha value is -2.94. The van der Waals surface area contributed by atoms with E-state index in [2.05, 4.69) is 12.1 Å². The Morgan fingerprint density at radius 2 is 2.10 bits per heavy atom. The van der Waals surface area contributed by atoms with E-state index in [-0.39, 0.29) is 42.0 Å². The number of amides is 2. The molecule has 1 saturated carbocycles. The van der Waals surface area contributed by atoms with Gasteiger partial charge in [-0.1, -0.05) is 12.1 Å². The van der Waals surface area contributed by atoms with Crippen LogP contribution in [0.3, 0.4) is 0 Å². The smallest absolute Gasteiger partial charge is 0.242 e. The molecule has 1 aromatic carbocycles. The Bertz CT molecular complexity index is 1010. The van der Waals surface area contributed by atoms with Crippen molar-refractivity contribution in [2.24, 2.45) is 11.7 Å². The summed E-state index contributed by atoms with van der Waals surface area (Å²) < 4.78 is 0. The molecule has 1 aromatic rings. The standard InChI is InChI=1S/C23H26N6O2/c1-13(15-4-2-3-14(5-15)9-24)28-18-8-21(23(28)31)27(11-18)12-19(26)22(30)29-17(10-25)6-16-7-20(16)29/h2-5,13,16-21H,6-8,11-12,26H2,1H3/t13-,16?,17+,18-,19+,20+,21-/m1/s1. The van der Waals surface area contributed by atoms with Crippen LogP contribution in [0.1, 0.15) is 43.4 Å². The molecule has 1 aliphatic carbocycles. The topological polar surface area (TPSA) is 117 Å². The predicted octanol–water partition coefficient (Wildman–Crippen LogP) is 0.745. The van der Waals surface area contributed by atoms with E-state index in [0.29, 0.717) is 24.6 Å². The van der Waals surface area contributed by atoms with Crippen LogP contribution in [0.15, 0.2) is 24.3 Å². The van der Waals surface area contributed by atoms with Crippen molar-refractivity contribution < 1.29 is 9.59 Å². The molecular weight excluding hydrogens is 392 g/mol. The highest BCUT2D eigenvalue weighted by Gasteiger charge is 2.56. The maximum atomic E-state index is 13.2. The molecule has 0 spiro atoms. The fourth-order valence-electron chi connectivity index (χ4n) is 5.84. The van der Waals surface area contributed by atoms with Crippen LogP contribution in [0.4, 0.5) is 0 Å². The molecular formula is C23H26N6O2. The molecule has 0 aromatic heterocycles. The maximum Gasteiger partial charge on any atom is 0.242 e. The molecule has 2 bridgehead atoms. The molecule has 160 valence electrons. The summed E-state index contributed by atoms with van der Waals surface area (Å²) in [7, 11) is 0. The predicted molar refractivity (Wildman–Crippen MR) is 111 cm³/mol. The zero-order valence-electron chi connectivity index (χ0n) is 17.5. The monoisotopic (exact) mass is 418 g/mol. The fraction of sp³-hybridized carbons (Fsp3) is 0.565. The number of likely N-dealkylation sites (tertiary alicyclic amines) is 3. The van der Waals surface area contributed by atoms with E-state index in [9.17, 15) is 14.9 Å². The third-order valence-corrected chi connectivity index (χ3v) is 7.49. The first-order chi connectivity index (χ1) is 14.9. The minimum Gasteiger partial charge on any atom is -0.330 e. The lowest BCUT2D eigenvalue weighted by Crippen LogP contribution is -2.57. The van der Waals surface area contributed by atoms with E-state index in [1.165, 1.54) is 0 Å². The van der Waals surface area contributed by atoms with Crippen LogP contribution in [-0.4, -0.2) is 69.8 Å². The molecule has 8 nitrogen and oxygen atoms in total. The van der Waals surface area contributed by atoms with Gasteiger partial charge in [0, 0.05) is 25.2 Å². The summed E-state index contributed by atoms with van der Waals surface area (Å²) in [4.78, 5) is 31.8. The molecule has 2 N–H and O–H groups in total. The van der Waals surface area contributed by atoms with Crippen LogP contribution in [0.2, 0.25) is 0 Å². The van der Waals surface area contributed by atoms with Crippen LogP contribution >= 0.6 is 0 Å². The highest BCUT2D eigenvalue weighted by Crippen LogP contribution is 2.48. The van der Waals surface area contributed by atoms with Crippen LogP contribution < -0.4 is 5.73 Å². The Kier molecular flexibility index (Phi) is 4.73. The molecule has 7 atom stereocenters. The van der Waals surface area contributed by atoms with Crippen molar-refractivity contribution in [2.75, 3.05) is 13.1 Å². The molecule has 3 saturated heterocycles. The second kappa shape index (κ2) is 7.33. The first kappa shape index (κ1) is 20.0. The van der Waals surface area contributed by atoms with Crippen LogP contribution in [0.25, 0.3) is 0 Å². The number of nitrogens with two attached hydrogens (primary N) is 1. The van der Waals surface area contributed by atoms with Gasteiger partial charge in [0.1, 0.15) is 6.04 Å². The van der Waals surface area contributed by atoms with Crippen molar-refractivity contribution in [2.45, 2.75) is 62.4 Å². The summed E-state index contributed by atoms with van der Waals surface area (Å²) in [5, 5.41) is 18.5. The second-order valence-corrected chi connectivity index (χ2v) is 9.31. The summed E-state index contributed by atoms with van der Waals surface area (Å²) in [6, 6.07) is 10.6. The van der Waals surface area contributed by atoms with Gasteiger partial charge in [0.05, 0.1) is 35.8 Å². The van der Waals surface area contributed by atoms with Crippen molar-refractivity contribution in [3.8, 4) is 12.1 Å². The summed E-state index contributed by atoms with van der Waals surface area (Å²) in [5.41, 5.74) is 7.81. The van der Waals surface area contributed by atoms with Gasteiger partial charge in [-0.25, -0.2) is 0 Å². The van der Waals surface area contributed by atoms with E-state index < -0.39 is 6.04 Å². The lowest BCUT2D eigenvalue weighted by molar-refractivity contribution is -0.141. The van der Waals surface area contributed by atoms with Gasteiger partial charge < -0.3 is 15.5 Å². The van der Waals surface area contributed by atoms with Gasteiger partial charge in [-0.05, 0) is 49.8 Å². The lowest BCUT2D eigenvalue weighted by Gasteiger charge is -2.38. The molecule has 2 amide bonds. The van der Waals surface area contributed by atoms with E-state index >= 15 is 0 Å². The number of nitrogens with zero attached hydrogens (tertiary/aromatic N) is 5. The van der Waals surface area contributed by atoms with Gasteiger partial charge >= 0.3 is 0 Å². The van der Waals surface area contributed by atoms with Crippen LogP contribution in [-0.2, 0) is 9.59 Å². The summed E-state index contributed by atoms with van der Waals surface area (Å²) >= 11 is 0. The van der Waals surface area contributed by atoms with Gasteiger partial charge in [-0.2, -0.15) is 10.5 Å². The average Bonchev–Trinajstić information content (AvgIpc) is 3.11. The maximum absolute atomic E-state index is 13.2. The summed E-state index contributed by atoms with van der Waals surface area (Å²) in [5.74, 6) is 0.356. The number of hydrogen-bond donors (Lipinski definition) is 1. The SMILES string of the molecule is C[C@H](c1cccc(C#N)c1)N1C(=O)[C@H]2C[C@@H]1CN2C[C@H](N)C(=O)N1[C@H](C#N)CC2C[C@@H]21. The number of benzene rings is 1. The average molecular weight is 419 g/mol. The Morgan fingerprint density at radius 3 is 2.81 bits per heavy atom. The molecule has 4 fully saturated rings. The largest absolute Gasteiger partial charge is 0.330 e. The normalized spacial score (nSPS) is 33.0. The molecule has 8 heteroatoms. The number of carbonyl (C=O) groups is 2. The summed E-state index contributed by atoms with van der Waals surface area (Å²) in [6.07, 6.45) is 2.47. The zero-order valence-corrected chi connectivity index (χ0v) is 17.5. The van der Waals surface area contributed by atoms with Crippen LogP contribution in [0, 0.1) is 28.6 Å². The van der Waals surface area contributed by atoms with E-state index in [1.54, 1.807) is 11.0 Å². The van der Waals surface area contributed by atoms with Crippen molar-refractivity contribution in [3.05, 3.63) is 35.4 Å².